The first-order valence-corrected chi connectivity index (χ1v) is 7.73. The van der Waals surface area contributed by atoms with Gasteiger partial charge < -0.3 is 19.7 Å². The van der Waals surface area contributed by atoms with Crippen molar-refractivity contribution in [2.75, 3.05) is 14.2 Å². The van der Waals surface area contributed by atoms with E-state index in [0.717, 1.165) is 0 Å². The van der Waals surface area contributed by atoms with E-state index in [9.17, 15) is 14.4 Å². The summed E-state index contributed by atoms with van der Waals surface area (Å²) in [5.41, 5.74) is -0.648. The first-order valence-electron chi connectivity index (χ1n) is 7.73. The van der Waals surface area contributed by atoms with Gasteiger partial charge in [-0.25, -0.2) is 9.59 Å². The highest BCUT2D eigenvalue weighted by Crippen LogP contribution is 2.13. The average molecular weight is 330 g/mol. The maximum atomic E-state index is 12.4. The average Bonchev–Trinajstić information content (AvgIpc) is 2.39. The monoisotopic (exact) mass is 330 g/mol. The standard InChI is InChI=1S/C16H30N2O5/c1-10(2)9-12(14(20)22-8)18(7)13(19)11(3)17-15(21)23-16(4,5)6/h10-12H,9H2,1-8H3,(H,17,21). The van der Waals surface area contributed by atoms with Gasteiger partial charge >= 0.3 is 12.1 Å². The fraction of sp³-hybridized carbons (Fsp3) is 0.812. The third kappa shape index (κ3) is 7.85. The van der Waals surface area contributed by atoms with Gasteiger partial charge in [0.25, 0.3) is 0 Å². The van der Waals surface area contributed by atoms with Crippen LogP contribution in [0.2, 0.25) is 0 Å². The molecule has 0 rings (SSSR count). The lowest BCUT2D eigenvalue weighted by molar-refractivity contribution is -0.153. The van der Waals surface area contributed by atoms with Crippen LogP contribution < -0.4 is 5.32 Å². The Balaban J connectivity index is 4.88. The van der Waals surface area contributed by atoms with Crippen LogP contribution in [0.15, 0.2) is 0 Å². The summed E-state index contributed by atoms with van der Waals surface area (Å²) >= 11 is 0. The molecule has 1 N–H and O–H groups in total. The van der Waals surface area contributed by atoms with Gasteiger partial charge in [-0.2, -0.15) is 0 Å². The fourth-order valence-electron chi connectivity index (χ4n) is 2.00. The number of rotatable bonds is 6. The molecule has 2 amide bonds. The van der Waals surface area contributed by atoms with Gasteiger partial charge in [-0.3, -0.25) is 4.79 Å². The van der Waals surface area contributed by atoms with Crippen molar-refractivity contribution in [3.8, 4) is 0 Å². The summed E-state index contributed by atoms with van der Waals surface area (Å²) in [5, 5.41) is 2.48. The number of esters is 1. The molecule has 0 saturated heterocycles. The molecule has 0 aromatic rings. The second-order valence-electron chi connectivity index (χ2n) is 6.99. The first kappa shape index (κ1) is 21.2. The van der Waals surface area contributed by atoms with Crippen molar-refractivity contribution in [3.05, 3.63) is 0 Å². The molecule has 0 aromatic heterocycles. The van der Waals surface area contributed by atoms with Crippen molar-refractivity contribution in [3.63, 3.8) is 0 Å². The summed E-state index contributed by atoms with van der Waals surface area (Å²) in [7, 11) is 2.82. The number of methoxy groups -OCH3 is 1. The van der Waals surface area contributed by atoms with Crippen LogP contribution in [-0.4, -0.2) is 54.7 Å². The predicted molar refractivity (Wildman–Crippen MR) is 86.9 cm³/mol. The molecule has 23 heavy (non-hydrogen) atoms. The van der Waals surface area contributed by atoms with Gasteiger partial charge in [-0.15, -0.1) is 0 Å². The smallest absolute Gasteiger partial charge is 0.408 e. The number of likely N-dealkylation sites (N-methyl/N-ethyl adjacent to an activating group) is 1. The van der Waals surface area contributed by atoms with Crippen molar-refractivity contribution in [2.45, 2.75) is 65.6 Å². The van der Waals surface area contributed by atoms with Gasteiger partial charge in [0, 0.05) is 7.05 Å². The van der Waals surface area contributed by atoms with Crippen LogP contribution in [0.25, 0.3) is 0 Å². The van der Waals surface area contributed by atoms with Crippen molar-refractivity contribution in [2.24, 2.45) is 5.92 Å². The van der Waals surface area contributed by atoms with Crippen LogP contribution in [0, 0.1) is 5.92 Å². The Hall–Kier alpha value is -1.79. The molecule has 134 valence electrons. The number of ether oxygens (including phenoxy) is 2. The number of carbonyl (C=O) groups is 3. The highest BCUT2D eigenvalue weighted by molar-refractivity contribution is 5.89. The van der Waals surface area contributed by atoms with Gasteiger partial charge in [0.1, 0.15) is 17.7 Å². The van der Waals surface area contributed by atoms with Crippen LogP contribution in [0.3, 0.4) is 0 Å². The van der Waals surface area contributed by atoms with Gasteiger partial charge in [-0.05, 0) is 40.0 Å². The summed E-state index contributed by atoms with van der Waals surface area (Å²) < 4.78 is 9.89. The van der Waals surface area contributed by atoms with Gasteiger partial charge in [-0.1, -0.05) is 13.8 Å². The Morgan fingerprint density at radius 1 is 1.13 bits per heavy atom. The highest BCUT2D eigenvalue weighted by atomic mass is 16.6. The minimum Gasteiger partial charge on any atom is -0.467 e. The molecule has 7 heteroatoms. The summed E-state index contributed by atoms with van der Waals surface area (Å²) in [6.45, 7) is 10.7. The lowest BCUT2D eigenvalue weighted by atomic mass is 10.0. The summed E-state index contributed by atoms with van der Waals surface area (Å²) in [4.78, 5) is 37.4. The number of nitrogens with zero attached hydrogens (tertiary/aromatic N) is 1. The van der Waals surface area contributed by atoms with E-state index in [4.69, 9.17) is 9.47 Å². The quantitative estimate of drug-likeness (QED) is 0.752. The van der Waals surface area contributed by atoms with Crippen LogP contribution in [0.5, 0.6) is 0 Å². The van der Waals surface area contributed by atoms with Gasteiger partial charge in [0.05, 0.1) is 7.11 Å². The van der Waals surface area contributed by atoms with E-state index in [1.165, 1.54) is 19.1 Å². The molecular weight excluding hydrogens is 300 g/mol. The zero-order valence-electron chi connectivity index (χ0n) is 15.4. The molecule has 0 spiro atoms. The second-order valence-corrected chi connectivity index (χ2v) is 6.99. The van der Waals surface area contributed by atoms with E-state index >= 15 is 0 Å². The zero-order valence-corrected chi connectivity index (χ0v) is 15.4. The van der Waals surface area contributed by atoms with E-state index in [1.54, 1.807) is 27.7 Å². The first-order chi connectivity index (χ1) is 10.4. The number of amides is 2. The van der Waals surface area contributed by atoms with Crippen LogP contribution in [0.4, 0.5) is 4.79 Å². The zero-order chi connectivity index (χ0) is 18.4. The molecule has 0 heterocycles. The van der Waals surface area contributed by atoms with E-state index in [0.29, 0.717) is 6.42 Å². The van der Waals surface area contributed by atoms with Crippen LogP contribution in [0.1, 0.15) is 48.0 Å². The Labute approximate surface area is 138 Å². The lowest BCUT2D eigenvalue weighted by Gasteiger charge is -2.30. The Bertz CT molecular complexity index is 429. The topological polar surface area (TPSA) is 84.9 Å². The number of hydrogen-bond donors (Lipinski definition) is 1. The van der Waals surface area contributed by atoms with Gasteiger partial charge in [0.15, 0.2) is 0 Å². The van der Waals surface area contributed by atoms with Crippen molar-refractivity contribution < 1.29 is 23.9 Å². The molecule has 2 atom stereocenters. The lowest BCUT2D eigenvalue weighted by Crippen LogP contribution is -2.52. The number of hydrogen-bond acceptors (Lipinski definition) is 5. The largest absolute Gasteiger partial charge is 0.467 e. The molecule has 0 aliphatic rings. The molecule has 0 aliphatic heterocycles. The van der Waals surface area contributed by atoms with Crippen molar-refractivity contribution >= 4 is 18.0 Å². The van der Waals surface area contributed by atoms with E-state index in [-0.39, 0.29) is 11.8 Å². The maximum absolute atomic E-state index is 12.4. The predicted octanol–water partition coefficient (Wildman–Crippen LogP) is 1.95. The third-order valence-corrected chi connectivity index (χ3v) is 3.09. The minimum absolute atomic E-state index is 0.212. The van der Waals surface area contributed by atoms with Crippen LogP contribution >= 0.6 is 0 Å². The molecule has 0 aliphatic carbocycles. The van der Waals surface area contributed by atoms with Gasteiger partial charge in [0.2, 0.25) is 5.91 Å². The molecular formula is C16H30N2O5. The normalized spacial score (nSPS) is 14.0. The Kier molecular flexibility index (Phi) is 8.06. The fourth-order valence-corrected chi connectivity index (χ4v) is 2.00. The number of carbonyl (C=O) groups excluding carboxylic acids is 3. The van der Waals surface area contributed by atoms with Crippen molar-refractivity contribution in [1.29, 1.82) is 0 Å². The maximum Gasteiger partial charge on any atom is 0.408 e. The molecule has 0 saturated carbocycles. The summed E-state index contributed by atoms with van der Waals surface area (Å²) in [6, 6.07) is -1.50. The number of nitrogens with one attached hydrogen (secondary N) is 1. The summed E-state index contributed by atoms with van der Waals surface area (Å²) in [5.74, 6) is -0.644. The molecule has 0 fully saturated rings. The molecule has 0 aromatic carbocycles. The molecule has 2 unspecified atom stereocenters. The van der Waals surface area contributed by atoms with Crippen LogP contribution in [-0.2, 0) is 19.1 Å². The molecule has 0 radical (unpaired) electrons. The molecule has 7 nitrogen and oxygen atoms in total. The van der Waals surface area contributed by atoms with Crippen molar-refractivity contribution in [1.82, 2.24) is 10.2 Å². The highest BCUT2D eigenvalue weighted by Gasteiger charge is 2.31. The third-order valence-electron chi connectivity index (χ3n) is 3.09. The SMILES string of the molecule is COC(=O)C(CC(C)C)N(C)C(=O)C(C)NC(=O)OC(C)(C)C. The minimum atomic E-state index is -0.811. The summed E-state index contributed by atoms with van der Waals surface area (Å²) in [6.07, 6.45) is -0.195. The van der Waals surface area contributed by atoms with E-state index in [1.807, 2.05) is 13.8 Å². The Morgan fingerprint density at radius 2 is 1.65 bits per heavy atom. The number of alkyl carbamates (subject to hydrolysis) is 1. The second kappa shape index (κ2) is 8.74. The molecule has 0 bridgehead atoms. The Morgan fingerprint density at radius 3 is 2.04 bits per heavy atom. The van der Waals surface area contributed by atoms with E-state index < -0.39 is 29.7 Å². The van der Waals surface area contributed by atoms with E-state index in [2.05, 4.69) is 5.32 Å².